The summed E-state index contributed by atoms with van der Waals surface area (Å²) in [5.41, 5.74) is 2.07. The Hall–Kier alpha value is -2.80. The first-order valence-corrected chi connectivity index (χ1v) is 9.55. The number of aliphatic hydroxyl groups excluding tert-OH is 1. The average molecular weight is 446 g/mol. The predicted molar refractivity (Wildman–Crippen MR) is 109 cm³/mol. The molecule has 1 heterocycles. The standard InChI is InChI=1S/C21H20BrNO5/c1-4-28-17-9-13(6-8-16(17)25)19-18(12(3)24)20(26)21(27)23(19)14-7-5-11(2)15(22)10-14/h5-10,19,25-26H,4H2,1-3H3/t19-/m1/s1. The fourth-order valence-electron chi connectivity index (χ4n) is 3.25. The molecule has 1 atom stereocenters. The number of phenols is 1. The lowest BCUT2D eigenvalue weighted by Gasteiger charge is -2.27. The van der Waals surface area contributed by atoms with E-state index >= 15 is 0 Å². The molecule has 0 aromatic heterocycles. The van der Waals surface area contributed by atoms with Gasteiger partial charge in [0.15, 0.2) is 23.0 Å². The predicted octanol–water partition coefficient (Wildman–Crippen LogP) is 4.35. The van der Waals surface area contributed by atoms with Crippen LogP contribution in [0.15, 0.2) is 52.2 Å². The summed E-state index contributed by atoms with van der Waals surface area (Å²) < 4.78 is 6.24. The van der Waals surface area contributed by atoms with Crippen LogP contribution in [-0.4, -0.2) is 28.5 Å². The molecule has 1 aliphatic rings. The Morgan fingerprint density at radius 2 is 1.93 bits per heavy atom. The molecule has 1 amide bonds. The largest absolute Gasteiger partial charge is 0.504 e. The number of aryl methyl sites for hydroxylation is 1. The van der Waals surface area contributed by atoms with E-state index in [1.54, 1.807) is 31.2 Å². The number of anilines is 1. The first-order chi connectivity index (χ1) is 13.3. The van der Waals surface area contributed by atoms with Gasteiger partial charge in [-0.05, 0) is 56.2 Å². The van der Waals surface area contributed by atoms with E-state index in [1.807, 2.05) is 13.0 Å². The van der Waals surface area contributed by atoms with Crippen molar-refractivity contribution in [2.45, 2.75) is 26.8 Å². The highest BCUT2D eigenvalue weighted by Gasteiger charge is 2.43. The fraction of sp³-hybridized carbons (Fsp3) is 0.238. The zero-order valence-electron chi connectivity index (χ0n) is 15.7. The molecule has 146 valence electrons. The summed E-state index contributed by atoms with van der Waals surface area (Å²) in [6.07, 6.45) is 0. The number of benzene rings is 2. The number of hydrogen-bond donors (Lipinski definition) is 2. The molecular formula is C21H20BrNO5. The Labute approximate surface area is 171 Å². The molecular weight excluding hydrogens is 426 g/mol. The Balaban J connectivity index is 2.19. The maximum Gasteiger partial charge on any atom is 0.294 e. The van der Waals surface area contributed by atoms with E-state index in [1.165, 1.54) is 17.9 Å². The molecule has 0 spiro atoms. The van der Waals surface area contributed by atoms with Crippen LogP contribution in [0, 0.1) is 6.92 Å². The van der Waals surface area contributed by atoms with Gasteiger partial charge in [0.25, 0.3) is 5.91 Å². The zero-order valence-corrected chi connectivity index (χ0v) is 17.3. The molecule has 2 N–H and O–H groups in total. The number of phenolic OH excluding ortho intramolecular Hbond substituents is 1. The molecule has 0 aliphatic carbocycles. The van der Waals surface area contributed by atoms with Crippen molar-refractivity contribution in [1.82, 2.24) is 0 Å². The quantitative estimate of drug-likeness (QED) is 0.713. The Bertz CT molecular complexity index is 998. The van der Waals surface area contributed by atoms with Crippen LogP contribution in [0.3, 0.4) is 0 Å². The van der Waals surface area contributed by atoms with E-state index in [4.69, 9.17) is 4.74 Å². The van der Waals surface area contributed by atoms with Crippen LogP contribution < -0.4 is 9.64 Å². The molecule has 0 bridgehead atoms. The van der Waals surface area contributed by atoms with Crippen molar-refractivity contribution in [1.29, 1.82) is 0 Å². The van der Waals surface area contributed by atoms with E-state index in [2.05, 4.69) is 15.9 Å². The Kier molecular flexibility index (Phi) is 5.47. The van der Waals surface area contributed by atoms with Crippen molar-refractivity contribution >= 4 is 33.3 Å². The van der Waals surface area contributed by atoms with E-state index < -0.39 is 23.5 Å². The molecule has 28 heavy (non-hydrogen) atoms. The number of halogens is 1. The van der Waals surface area contributed by atoms with Crippen molar-refractivity contribution < 1.29 is 24.5 Å². The van der Waals surface area contributed by atoms with Gasteiger partial charge in [-0.25, -0.2) is 0 Å². The normalized spacial score (nSPS) is 16.6. The minimum absolute atomic E-state index is 0.00911. The highest BCUT2D eigenvalue weighted by molar-refractivity contribution is 9.10. The van der Waals surface area contributed by atoms with Gasteiger partial charge < -0.3 is 14.9 Å². The van der Waals surface area contributed by atoms with Gasteiger partial charge in [-0.15, -0.1) is 0 Å². The van der Waals surface area contributed by atoms with Gasteiger partial charge in [0.05, 0.1) is 18.2 Å². The summed E-state index contributed by atoms with van der Waals surface area (Å²) in [5.74, 6) is -1.43. The lowest BCUT2D eigenvalue weighted by atomic mass is 9.96. The second-order valence-corrected chi connectivity index (χ2v) is 7.34. The average Bonchev–Trinajstić information content (AvgIpc) is 2.91. The fourth-order valence-corrected chi connectivity index (χ4v) is 3.62. The van der Waals surface area contributed by atoms with Gasteiger partial charge in [0.2, 0.25) is 0 Å². The molecule has 0 saturated heterocycles. The molecule has 0 radical (unpaired) electrons. The van der Waals surface area contributed by atoms with E-state index in [9.17, 15) is 19.8 Å². The van der Waals surface area contributed by atoms with Crippen LogP contribution in [0.25, 0.3) is 0 Å². The second kappa shape index (κ2) is 7.67. The maximum absolute atomic E-state index is 12.8. The minimum atomic E-state index is -0.834. The third-order valence-electron chi connectivity index (χ3n) is 4.62. The first-order valence-electron chi connectivity index (χ1n) is 8.75. The zero-order chi connectivity index (χ0) is 20.6. The number of aliphatic hydroxyl groups is 1. The molecule has 1 aliphatic heterocycles. The van der Waals surface area contributed by atoms with Gasteiger partial charge in [0.1, 0.15) is 0 Å². The number of nitrogens with zero attached hydrogens (tertiary/aromatic N) is 1. The molecule has 0 saturated carbocycles. The lowest BCUT2D eigenvalue weighted by molar-refractivity contribution is -0.117. The molecule has 6 nitrogen and oxygen atoms in total. The van der Waals surface area contributed by atoms with Crippen LogP contribution in [0.4, 0.5) is 5.69 Å². The molecule has 2 aromatic rings. The number of carbonyl (C=O) groups excluding carboxylic acids is 2. The summed E-state index contributed by atoms with van der Waals surface area (Å²) in [6, 6.07) is 9.16. The van der Waals surface area contributed by atoms with Crippen molar-refractivity contribution in [3.63, 3.8) is 0 Å². The Morgan fingerprint density at radius 3 is 2.54 bits per heavy atom. The number of amides is 1. The summed E-state index contributed by atoms with van der Waals surface area (Å²) >= 11 is 3.46. The van der Waals surface area contributed by atoms with E-state index in [0.29, 0.717) is 17.9 Å². The summed E-state index contributed by atoms with van der Waals surface area (Å²) in [6.45, 7) is 5.36. The highest BCUT2D eigenvalue weighted by Crippen LogP contribution is 2.43. The number of rotatable bonds is 5. The van der Waals surface area contributed by atoms with E-state index in [-0.39, 0.29) is 17.1 Å². The van der Waals surface area contributed by atoms with Crippen molar-refractivity contribution in [3.05, 3.63) is 63.3 Å². The van der Waals surface area contributed by atoms with Gasteiger partial charge in [-0.1, -0.05) is 28.1 Å². The third-order valence-corrected chi connectivity index (χ3v) is 5.47. The molecule has 0 fully saturated rings. The number of hydrogen-bond acceptors (Lipinski definition) is 5. The van der Waals surface area contributed by atoms with Gasteiger partial charge in [-0.2, -0.15) is 0 Å². The third kappa shape index (κ3) is 3.38. The number of ether oxygens (including phenoxy) is 1. The van der Waals surface area contributed by atoms with Gasteiger partial charge in [0, 0.05) is 10.2 Å². The van der Waals surface area contributed by atoms with Gasteiger partial charge >= 0.3 is 0 Å². The minimum Gasteiger partial charge on any atom is -0.504 e. The SMILES string of the molecule is CCOc1cc([C@@H]2C(C(C)=O)=C(O)C(=O)N2c2ccc(C)c(Br)c2)ccc1O. The van der Waals surface area contributed by atoms with Crippen LogP contribution in [0.5, 0.6) is 11.5 Å². The Morgan fingerprint density at radius 1 is 1.21 bits per heavy atom. The van der Waals surface area contributed by atoms with Crippen molar-refractivity contribution in [2.75, 3.05) is 11.5 Å². The van der Waals surface area contributed by atoms with Crippen molar-refractivity contribution in [2.24, 2.45) is 0 Å². The number of Topliss-reactive ketones (excluding diaryl/α,β-unsaturated/α-hetero) is 1. The summed E-state index contributed by atoms with van der Waals surface area (Å²) in [7, 11) is 0. The second-order valence-electron chi connectivity index (χ2n) is 6.49. The van der Waals surface area contributed by atoms with Crippen LogP contribution in [0.1, 0.15) is 31.0 Å². The van der Waals surface area contributed by atoms with Crippen LogP contribution in [0.2, 0.25) is 0 Å². The van der Waals surface area contributed by atoms with Gasteiger partial charge in [-0.3, -0.25) is 14.5 Å². The summed E-state index contributed by atoms with van der Waals surface area (Å²) in [4.78, 5) is 26.5. The molecule has 0 unspecified atom stereocenters. The molecule has 2 aromatic carbocycles. The van der Waals surface area contributed by atoms with Crippen LogP contribution in [-0.2, 0) is 9.59 Å². The summed E-state index contributed by atoms with van der Waals surface area (Å²) in [5, 5.41) is 20.4. The number of ketones is 1. The van der Waals surface area contributed by atoms with Crippen LogP contribution >= 0.6 is 15.9 Å². The number of carbonyl (C=O) groups is 2. The van der Waals surface area contributed by atoms with E-state index in [0.717, 1.165) is 10.0 Å². The molecule has 7 heteroatoms. The monoisotopic (exact) mass is 445 g/mol. The van der Waals surface area contributed by atoms with Crippen molar-refractivity contribution in [3.8, 4) is 11.5 Å². The lowest BCUT2D eigenvalue weighted by Crippen LogP contribution is -2.30. The molecule has 3 rings (SSSR count). The topological polar surface area (TPSA) is 87.1 Å². The maximum atomic E-state index is 12.8. The first kappa shape index (κ1) is 19.9. The number of aromatic hydroxyl groups is 1. The smallest absolute Gasteiger partial charge is 0.294 e. The highest BCUT2D eigenvalue weighted by atomic mass is 79.9.